The Kier molecular flexibility index (Phi) is 3.89. The zero-order chi connectivity index (χ0) is 15.7. The summed E-state index contributed by atoms with van der Waals surface area (Å²) in [5.41, 5.74) is 8.65. The van der Waals surface area contributed by atoms with Gasteiger partial charge in [-0.15, -0.1) is 0 Å². The number of nitrogens with two attached hydrogens (primary N) is 1. The van der Waals surface area contributed by atoms with Crippen molar-refractivity contribution >= 4 is 5.91 Å². The number of amides is 1. The summed E-state index contributed by atoms with van der Waals surface area (Å²) in [6.45, 7) is 4.47. The first-order chi connectivity index (χ1) is 10.6. The van der Waals surface area contributed by atoms with Crippen LogP contribution in [-0.4, -0.2) is 39.0 Å². The second kappa shape index (κ2) is 5.84. The van der Waals surface area contributed by atoms with Crippen LogP contribution in [0.2, 0.25) is 0 Å². The van der Waals surface area contributed by atoms with E-state index in [2.05, 4.69) is 15.1 Å². The molecule has 7 heteroatoms. The number of hydrogen-bond acceptors (Lipinski definition) is 6. The average molecular weight is 301 g/mol. The topological polar surface area (TPSA) is 98.1 Å². The number of carbonyl (C=O) groups is 1. The van der Waals surface area contributed by atoms with Crippen molar-refractivity contribution in [2.75, 3.05) is 13.1 Å². The lowest BCUT2D eigenvalue weighted by Crippen LogP contribution is -2.35. The van der Waals surface area contributed by atoms with Crippen molar-refractivity contribution in [2.24, 2.45) is 5.73 Å². The third-order valence-electron chi connectivity index (χ3n) is 4.03. The van der Waals surface area contributed by atoms with Crippen LogP contribution in [0.15, 0.2) is 16.9 Å². The van der Waals surface area contributed by atoms with E-state index in [1.54, 1.807) is 17.3 Å². The van der Waals surface area contributed by atoms with Crippen molar-refractivity contribution in [1.82, 2.24) is 20.0 Å². The van der Waals surface area contributed by atoms with Gasteiger partial charge in [-0.25, -0.2) is 4.98 Å². The minimum Gasteiger partial charge on any atom is -0.361 e. The van der Waals surface area contributed by atoms with Crippen molar-refractivity contribution in [1.29, 1.82) is 0 Å². The fourth-order valence-electron chi connectivity index (χ4n) is 3.00. The third-order valence-corrected chi connectivity index (χ3v) is 4.03. The summed E-state index contributed by atoms with van der Waals surface area (Å²) in [6.07, 6.45) is 5.24. The smallest absolute Gasteiger partial charge is 0.236 e. The highest BCUT2D eigenvalue weighted by molar-refractivity contribution is 5.78. The Labute approximate surface area is 128 Å². The fraction of sp³-hybridized carbons (Fsp3) is 0.467. The molecule has 116 valence electrons. The number of nitrogens with zero attached hydrogens (tertiary/aromatic N) is 4. The molecule has 1 saturated heterocycles. The van der Waals surface area contributed by atoms with E-state index in [1.165, 1.54) is 0 Å². The van der Waals surface area contributed by atoms with E-state index < -0.39 is 0 Å². The maximum absolute atomic E-state index is 11.9. The first kappa shape index (κ1) is 14.6. The molecule has 1 fully saturated rings. The summed E-state index contributed by atoms with van der Waals surface area (Å²) < 4.78 is 5.19. The van der Waals surface area contributed by atoms with E-state index in [4.69, 9.17) is 10.3 Å². The summed E-state index contributed by atoms with van der Waals surface area (Å²) >= 11 is 0. The van der Waals surface area contributed by atoms with Crippen LogP contribution < -0.4 is 5.73 Å². The van der Waals surface area contributed by atoms with Crippen LogP contribution in [0.3, 0.4) is 0 Å². The molecule has 3 heterocycles. The molecule has 0 spiro atoms. The second-order valence-electron chi connectivity index (χ2n) is 5.48. The molecule has 2 N–H and O–H groups in total. The highest BCUT2D eigenvalue weighted by Gasteiger charge is 2.30. The number of carbonyl (C=O) groups excluding carboxylic acids is 1. The molecule has 1 aliphatic rings. The van der Waals surface area contributed by atoms with E-state index in [-0.39, 0.29) is 18.5 Å². The van der Waals surface area contributed by atoms with E-state index in [1.807, 2.05) is 13.8 Å². The van der Waals surface area contributed by atoms with Crippen LogP contribution in [0.25, 0.3) is 11.3 Å². The first-order valence-corrected chi connectivity index (χ1v) is 7.36. The minimum absolute atomic E-state index is 0.0213. The molecule has 0 unspecified atom stereocenters. The van der Waals surface area contributed by atoms with E-state index in [0.29, 0.717) is 5.76 Å². The Morgan fingerprint density at radius 1 is 1.45 bits per heavy atom. The standard InChI is InChI=1S/C15H19N5O2/c1-9-15(10(2)22-19-9)12-8-17-7-11(18-12)13-4-3-5-20(13)14(21)6-16/h7-8,13H,3-6,16H2,1-2H3/t13-/m1/s1. The van der Waals surface area contributed by atoms with Gasteiger partial charge in [0.2, 0.25) is 5.91 Å². The molecule has 0 aromatic carbocycles. The zero-order valence-corrected chi connectivity index (χ0v) is 12.7. The third kappa shape index (κ3) is 2.48. The minimum atomic E-state index is -0.0519. The van der Waals surface area contributed by atoms with Crippen LogP contribution in [-0.2, 0) is 4.79 Å². The molecule has 1 amide bonds. The summed E-state index contributed by atoms with van der Waals surface area (Å²) in [5, 5.41) is 3.95. The Morgan fingerprint density at radius 2 is 2.27 bits per heavy atom. The van der Waals surface area contributed by atoms with Gasteiger partial charge in [0.05, 0.1) is 47.6 Å². The van der Waals surface area contributed by atoms with Crippen molar-refractivity contribution < 1.29 is 9.32 Å². The van der Waals surface area contributed by atoms with Gasteiger partial charge in [-0.1, -0.05) is 5.16 Å². The Hall–Kier alpha value is -2.28. The lowest BCUT2D eigenvalue weighted by atomic mass is 10.1. The number of aryl methyl sites for hydroxylation is 2. The summed E-state index contributed by atoms with van der Waals surface area (Å²) in [4.78, 5) is 22.7. The Bertz CT molecular complexity index is 677. The Balaban J connectivity index is 1.96. The molecule has 2 aromatic heterocycles. The van der Waals surface area contributed by atoms with E-state index in [0.717, 1.165) is 42.0 Å². The number of aromatic nitrogens is 3. The van der Waals surface area contributed by atoms with E-state index >= 15 is 0 Å². The SMILES string of the molecule is Cc1noc(C)c1-c1cncc([C@H]2CCCN2C(=O)CN)n1. The van der Waals surface area contributed by atoms with Gasteiger partial charge in [-0.3, -0.25) is 9.78 Å². The maximum Gasteiger partial charge on any atom is 0.236 e. The molecule has 0 radical (unpaired) electrons. The van der Waals surface area contributed by atoms with Crippen LogP contribution in [0.4, 0.5) is 0 Å². The van der Waals surface area contributed by atoms with Crippen LogP contribution in [0.1, 0.15) is 36.0 Å². The molecule has 22 heavy (non-hydrogen) atoms. The van der Waals surface area contributed by atoms with Crippen molar-refractivity contribution in [3.63, 3.8) is 0 Å². The molecule has 1 aliphatic heterocycles. The molecule has 2 aromatic rings. The predicted molar refractivity (Wildman–Crippen MR) is 79.7 cm³/mol. The maximum atomic E-state index is 11.9. The number of hydrogen-bond donors (Lipinski definition) is 1. The number of rotatable bonds is 3. The van der Waals surface area contributed by atoms with Gasteiger partial charge < -0.3 is 15.2 Å². The second-order valence-corrected chi connectivity index (χ2v) is 5.48. The molecule has 1 atom stereocenters. The quantitative estimate of drug-likeness (QED) is 0.919. The lowest BCUT2D eigenvalue weighted by molar-refractivity contribution is -0.130. The van der Waals surface area contributed by atoms with Crippen LogP contribution >= 0.6 is 0 Å². The molecule has 0 aliphatic carbocycles. The summed E-state index contributed by atoms with van der Waals surface area (Å²) in [6, 6.07) is -0.0519. The number of likely N-dealkylation sites (tertiary alicyclic amines) is 1. The zero-order valence-electron chi connectivity index (χ0n) is 12.7. The van der Waals surface area contributed by atoms with Crippen LogP contribution in [0.5, 0.6) is 0 Å². The summed E-state index contributed by atoms with van der Waals surface area (Å²) in [7, 11) is 0. The van der Waals surface area contributed by atoms with E-state index in [9.17, 15) is 4.79 Å². The van der Waals surface area contributed by atoms with Crippen LogP contribution in [0, 0.1) is 13.8 Å². The molecule has 3 rings (SSSR count). The normalized spacial score (nSPS) is 18.0. The fourth-order valence-corrected chi connectivity index (χ4v) is 3.00. The lowest BCUT2D eigenvalue weighted by Gasteiger charge is -2.23. The van der Waals surface area contributed by atoms with Gasteiger partial charge in [0.25, 0.3) is 0 Å². The Morgan fingerprint density at radius 3 is 2.95 bits per heavy atom. The van der Waals surface area contributed by atoms with Crippen molar-refractivity contribution in [3.8, 4) is 11.3 Å². The van der Waals surface area contributed by atoms with Crippen molar-refractivity contribution in [3.05, 3.63) is 29.5 Å². The first-order valence-electron chi connectivity index (χ1n) is 7.36. The van der Waals surface area contributed by atoms with Gasteiger partial charge in [-0.2, -0.15) is 0 Å². The molecular weight excluding hydrogens is 282 g/mol. The monoisotopic (exact) mass is 301 g/mol. The molecule has 0 saturated carbocycles. The highest BCUT2D eigenvalue weighted by Crippen LogP contribution is 2.32. The van der Waals surface area contributed by atoms with Gasteiger partial charge in [0.1, 0.15) is 5.76 Å². The van der Waals surface area contributed by atoms with Gasteiger partial charge in [-0.05, 0) is 26.7 Å². The largest absolute Gasteiger partial charge is 0.361 e. The highest BCUT2D eigenvalue weighted by atomic mass is 16.5. The van der Waals surface area contributed by atoms with Gasteiger partial charge in [0.15, 0.2) is 0 Å². The molecular formula is C15H19N5O2. The average Bonchev–Trinajstić information content (AvgIpc) is 3.14. The van der Waals surface area contributed by atoms with Crippen molar-refractivity contribution in [2.45, 2.75) is 32.7 Å². The molecule has 0 bridgehead atoms. The predicted octanol–water partition coefficient (Wildman–Crippen LogP) is 1.37. The molecule has 7 nitrogen and oxygen atoms in total. The van der Waals surface area contributed by atoms with Gasteiger partial charge >= 0.3 is 0 Å². The summed E-state index contributed by atoms with van der Waals surface area (Å²) in [5.74, 6) is 0.664. The van der Waals surface area contributed by atoms with Gasteiger partial charge in [0, 0.05) is 6.54 Å².